The molecule has 3 fully saturated rings. The van der Waals surface area contributed by atoms with Crippen LogP contribution in [0.3, 0.4) is 0 Å². The molecular formula is C20H28FN3O. The van der Waals surface area contributed by atoms with E-state index in [9.17, 15) is 9.18 Å². The van der Waals surface area contributed by atoms with Crippen LogP contribution in [0.5, 0.6) is 0 Å². The molecule has 2 bridgehead atoms. The third kappa shape index (κ3) is 3.81. The summed E-state index contributed by atoms with van der Waals surface area (Å²) in [6, 6.07) is 8.15. The van der Waals surface area contributed by atoms with E-state index in [4.69, 9.17) is 0 Å². The van der Waals surface area contributed by atoms with Gasteiger partial charge in [-0.3, -0.25) is 0 Å². The van der Waals surface area contributed by atoms with E-state index in [0.29, 0.717) is 12.1 Å². The molecule has 25 heavy (non-hydrogen) atoms. The summed E-state index contributed by atoms with van der Waals surface area (Å²) in [4.78, 5) is 17.2. The minimum absolute atomic E-state index is 0.164. The van der Waals surface area contributed by atoms with Gasteiger partial charge in [0.15, 0.2) is 0 Å². The molecule has 1 aromatic rings. The Bertz CT molecular complexity index is 589. The molecule has 5 heteroatoms. The van der Waals surface area contributed by atoms with Crippen LogP contribution in [-0.2, 0) is 6.42 Å². The number of carbonyl (C=O) groups excluding carboxylic acids is 1. The summed E-state index contributed by atoms with van der Waals surface area (Å²) in [7, 11) is 0. The first kappa shape index (κ1) is 16.8. The molecule has 3 heterocycles. The molecule has 3 atom stereocenters. The number of fused-ring (bicyclic) bond motifs is 2. The lowest BCUT2D eigenvalue weighted by atomic mass is 10.0. The van der Waals surface area contributed by atoms with Gasteiger partial charge in [-0.25, -0.2) is 9.18 Å². The molecule has 0 radical (unpaired) electrons. The second-order valence-electron chi connectivity index (χ2n) is 7.84. The van der Waals surface area contributed by atoms with Gasteiger partial charge in [-0.1, -0.05) is 12.1 Å². The van der Waals surface area contributed by atoms with Crippen LogP contribution in [0.15, 0.2) is 24.3 Å². The second-order valence-corrected chi connectivity index (χ2v) is 7.84. The van der Waals surface area contributed by atoms with Crippen LogP contribution in [-0.4, -0.2) is 53.6 Å². The van der Waals surface area contributed by atoms with E-state index in [1.807, 2.05) is 12.1 Å². The number of piperidine rings is 1. The lowest BCUT2D eigenvalue weighted by molar-refractivity contribution is 0.144. The van der Waals surface area contributed by atoms with Crippen molar-refractivity contribution in [2.75, 3.05) is 19.6 Å². The number of halogens is 1. The largest absolute Gasteiger partial charge is 0.334 e. The van der Waals surface area contributed by atoms with Crippen LogP contribution >= 0.6 is 0 Å². The first-order valence-corrected chi connectivity index (χ1v) is 9.74. The van der Waals surface area contributed by atoms with Crippen LogP contribution in [0.1, 0.15) is 44.1 Å². The SMILES string of the molecule is O=C(NC1CCN(CCc2ccc(F)cc2)C1)N1C2CCCC1CC2. The molecule has 3 aliphatic heterocycles. The third-order valence-electron chi connectivity index (χ3n) is 6.16. The van der Waals surface area contributed by atoms with Crippen LogP contribution in [0.25, 0.3) is 0 Å². The Morgan fingerprint density at radius 3 is 2.52 bits per heavy atom. The molecule has 0 spiro atoms. The molecule has 2 amide bonds. The Kier molecular flexibility index (Phi) is 4.93. The maximum absolute atomic E-state index is 13.0. The van der Waals surface area contributed by atoms with E-state index in [2.05, 4.69) is 15.1 Å². The van der Waals surface area contributed by atoms with Crippen molar-refractivity contribution in [3.8, 4) is 0 Å². The summed E-state index contributed by atoms with van der Waals surface area (Å²) in [6.45, 7) is 2.92. The smallest absolute Gasteiger partial charge is 0.318 e. The topological polar surface area (TPSA) is 35.6 Å². The number of urea groups is 1. The number of amides is 2. The second kappa shape index (κ2) is 7.32. The fraction of sp³-hybridized carbons (Fsp3) is 0.650. The number of hydrogen-bond donors (Lipinski definition) is 1. The van der Waals surface area contributed by atoms with Gasteiger partial charge in [0.25, 0.3) is 0 Å². The molecule has 4 nitrogen and oxygen atoms in total. The van der Waals surface area contributed by atoms with Gasteiger partial charge in [-0.05, 0) is 62.6 Å². The minimum Gasteiger partial charge on any atom is -0.334 e. The first-order valence-electron chi connectivity index (χ1n) is 9.74. The Labute approximate surface area is 149 Å². The lowest BCUT2D eigenvalue weighted by Crippen LogP contribution is -2.52. The number of rotatable bonds is 4. The number of nitrogens with one attached hydrogen (secondary N) is 1. The van der Waals surface area contributed by atoms with E-state index in [-0.39, 0.29) is 17.9 Å². The molecule has 3 aliphatic rings. The van der Waals surface area contributed by atoms with Gasteiger partial charge >= 0.3 is 6.03 Å². The van der Waals surface area contributed by atoms with Crippen molar-refractivity contribution < 1.29 is 9.18 Å². The van der Waals surface area contributed by atoms with E-state index >= 15 is 0 Å². The predicted octanol–water partition coefficient (Wildman–Crippen LogP) is 3.17. The Morgan fingerprint density at radius 2 is 1.80 bits per heavy atom. The Balaban J connectivity index is 1.24. The molecule has 136 valence electrons. The van der Waals surface area contributed by atoms with Gasteiger partial charge < -0.3 is 15.1 Å². The van der Waals surface area contributed by atoms with Crippen molar-refractivity contribution in [2.45, 2.75) is 63.1 Å². The maximum atomic E-state index is 13.0. The highest BCUT2D eigenvalue weighted by Gasteiger charge is 2.40. The molecule has 0 aliphatic carbocycles. The van der Waals surface area contributed by atoms with Crippen LogP contribution < -0.4 is 5.32 Å². The van der Waals surface area contributed by atoms with Gasteiger partial charge in [0, 0.05) is 37.8 Å². The monoisotopic (exact) mass is 345 g/mol. The summed E-state index contributed by atoms with van der Waals surface area (Å²) < 4.78 is 13.0. The highest BCUT2D eigenvalue weighted by atomic mass is 19.1. The van der Waals surface area contributed by atoms with Crippen molar-refractivity contribution >= 4 is 6.03 Å². The van der Waals surface area contributed by atoms with Crippen molar-refractivity contribution in [3.05, 3.63) is 35.6 Å². The molecule has 0 saturated carbocycles. The van der Waals surface area contributed by atoms with Crippen molar-refractivity contribution in [3.63, 3.8) is 0 Å². The number of carbonyl (C=O) groups is 1. The van der Waals surface area contributed by atoms with Crippen molar-refractivity contribution in [1.29, 1.82) is 0 Å². The molecule has 4 rings (SSSR count). The third-order valence-corrected chi connectivity index (χ3v) is 6.16. The van der Waals surface area contributed by atoms with Crippen molar-refractivity contribution in [1.82, 2.24) is 15.1 Å². The Hall–Kier alpha value is -1.62. The number of nitrogens with zero attached hydrogens (tertiary/aromatic N) is 2. The summed E-state index contributed by atoms with van der Waals surface area (Å²) in [5.41, 5.74) is 1.17. The molecule has 3 saturated heterocycles. The summed E-state index contributed by atoms with van der Waals surface area (Å²) in [5, 5.41) is 3.28. The van der Waals surface area contributed by atoms with Gasteiger partial charge in [-0.15, -0.1) is 0 Å². The lowest BCUT2D eigenvalue weighted by Gasteiger charge is -2.35. The first-order chi connectivity index (χ1) is 12.2. The summed E-state index contributed by atoms with van der Waals surface area (Å²) >= 11 is 0. The predicted molar refractivity (Wildman–Crippen MR) is 96.0 cm³/mol. The van der Waals surface area contributed by atoms with Gasteiger partial charge in [0.2, 0.25) is 0 Å². The van der Waals surface area contributed by atoms with E-state index in [1.165, 1.54) is 49.8 Å². The van der Waals surface area contributed by atoms with Crippen LogP contribution in [0.4, 0.5) is 9.18 Å². The quantitative estimate of drug-likeness (QED) is 0.910. The zero-order chi connectivity index (χ0) is 17.2. The maximum Gasteiger partial charge on any atom is 0.318 e. The molecule has 1 N–H and O–H groups in total. The molecule has 0 aromatic heterocycles. The highest BCUT2D eigenvalue weighted by Crippen LogP contribution is 2.35. The zero-order valence-corrected chi connectivity index (χ0v) is 14.8. The minimum atomic E-state index is -0.181. The van der Waals surface area contributed by atoms with Crippen LogP contribution in [0.2, 0.25) is 0 Å². The van der Waals surface area contributed by atoms with Gasteiger partial charge in [0.1, 0.15) is 5.82 Å². The number of likely N-dealkylation sites (tertiary alicyclic amines) is 1. The molecule has 1 aromatic carbocycles. The fourth-order valence-electron chi connectivity index (χ4n) is 4.79. The molecular weight excluding hydrogens is 317 g/mol. The van der Waals surface area contributed by atoms with Gasteiger partial charge in [0.05, 0.1) is 0 Å². The zero-order valence-electron chi connectivity index (χ0n) is 14.8. The number of benzene rings is 1. The molecule has 3 unspecified atom stereocenters. The average molecular weight is 345 g/mol. The van der Waals surface area contributed by atoms with E-state index in [0.717, 1.165) is 32.5 Å². The summed E-state index contributed by atoms with van der Waals surface area (Å²) in [5.74, 6) is -0.181. The van der Waals surface area contributed by atoms with E-state index in [1.54, 1.807) is 0 Å². The fourth-order valence-corrected chi connectivity index (χ4v) is 4.79. The van der Waals surface area contributed by atoms with Gasteiger partial charge in [-0.2, -0.15) is 0 Å². The number of hydrogen-bond acceptors (Lipinski definition) is 2. The standard InChI is InChI=1S/C20H28FN3O/c21-16-6-4-15(5-7-16)10-12-23-13-11-17(14-23)22-20(25)24-18-2-1-3-19(24)9-8-18/h4-7,17-19H,1-3,8-14H2,(H,22,25). The average Bonchev–Trinajstić information content (AvgIpc) is 3.16. The van der Waals surface area contributed by atoms with Crippen LogP contribution in [0, 0.1) is 5.82 Å². The highest BCUT2D eigenvalue weighted by molar-refractivity contribution is 5.75. The van der Waals surface area contributed by atoms with E-state index < -0.39 is 0 Å². The normalized spacial score (nSPS) is 29.2. The Morgan fingerprint density at radius 1 is 1.08 bits per heavy atom. The van der Waals surface area contributed by atoms with Crippen molar-refractivity contribution in [2.24, 2.45) is 0 Å². The summed E-state index contributed by atoms with van der Waals surface area (Å²) in [6.07, 6.45) is 7.96.